The van der Waals surface area contributed by atoms with E-state index in [4.69, 9.17) is 23.2 Å². The summed E-state index contributed by atoms with van der Waals surface area (Å²) < 4.78 is 1.49. The zero-order valence-corrected chi connectivity index (χ0v) is 13.3. The molecule has 4 nitrogen and oxygen atoms in total. The molecule has 0 unspecified atom stereocenters. The second-order valence-electron chi connectivity index (χ2n) is 4.77. The largest absolute Gasteiger partial charge is 0.317 e. The van der Waals surface area contributed by atoms with Gasteiger partial charge in [-0.2, -0.15) is 0 Å². The van der Waals surface area contributed by atoms with Gasteiger partial charge in [-0.05, 0) is 43.7 Å². The van der Waals surface area contributed by atoms with Crippen molar-refractivity contribution in [3.8, 4) is 0 Å². The normalized spacial score (nSPS) is 10.5. The van der Waals surface area contributed by atoms with Gasteiger partial charge in [0.1, 0.15) is 5.69 Å². The van der Waals surface area contributed by atoms with Crippen LogP contribution in [0.3, 0.4) is 0 Å². The van der Waals surface area contributed by atoms with Gasteiger partial charge in [0, 0.05) is 17.8 Å². The Balaban J connectivity index is 2.41. The molecule has 0 atom stereocenters. The summed E-state index contributed by atoms with van der Waals surface area (Å²) >= 11 is 11.8. The Hall–Kier alpha value is -1.78. The summed E-state index contributed by atoms with van der Waals surface area (Å²) in [7, 11) is 1.66. The first kappa shape index (κ1) is 15.6. The van der Waals surface area contributed by atoms with Crippen molar-refractivity contribution >= 4 is 34.8 Å². The van der Waals surface area contributed by atoms with Gasteiger partial charge >= 0.3 is 0 Å². The van der Waals surface area contributed by atoms with Crippen LogP contribution in [0.5, 0.6) is 0 Å². The first-order valence-electron chi connectivity index (χ1n) is 6.25. The van der Waals surface area contributed by atoms with Gasteiger partial charge in [-0.15, -0.1) is 0 Å². The Morgan fingerprint density at radius 2 is 1.86 bits per heavy atom. The van der Waals surface area contributed by atoms with Crippen molar-refractivity contribution in [1.82, 2.24) is 4.57 Å². The van der Waals surface area contributed by atoms with Crippen LogP contribution in [0.25, 0.3) is 0 Å². The lowest BCUT2D eigenvalue weighted by atomic mass is 10.2. The molecule has 2 rings (SSSR count). The molecule has 0 aliphatic rings. The molecule has 1 aromatic carbocycles. The van der Waals surface area contributed by atoms with E-state index in [1.54, 1.807) is 19.2 Å². The zero-order chi connectivity index (χ0) is 15.7. The van der Waals surface area contributed by atoms with Gasteiger partial charge in [0.25, 0.3) is 11.5 Å². The Kier molecular flexibility index (Phi) is 4.40. The van der Waals surface area contributed by atoms with E-state index in [2.05, 4.69) is 5.32 Å². The molecule has 0 saturated heterocycles. The lowest BCUT2D eigenvalue weighted by Crippen LogP contribution is -2.26. The van der Waals surface area contributed by atoms with Gasteiger partial charge in [-0.25, -0.2) is 0 Å². The minimum absolute atomic E-state index is 0.210. The standard InChI is InChI=1S/C15H14Cl2N2O2/c1-8-6-13(15(21)19(3)9(8)2)18-14(20)11-7-10(16)4-5-12(11)17/h4-7H,1-3H3,(H,18,20). The van der Waals surface area contributed by atoms with Gasteiger partial charge in [-0.1, -0.05) is 23.2 Å². The number of hydrogen-bond acceptors (Lipinski definition) is 2. The van der Waals surface area contributed by atoms with Crippen LogP contribution in [0.2, 0.25) is 10.0 Å². The maximum absolute atomic E-state index is 12.2. The van der Waals surface area contributed by atoms with Crippen molar-refractivity contribution < 1.29 is 4.79 Å². The third kappa shape index (κ3) is 3.12. The smallest absolute Gasteiger partial charge is 0.274 e. The molecule has 1 N–H and O–H groups in total. The average Bonchev–Trinajstić information content (AvgIpc) is 2.45. The molecule has 0 saturated carbocycles. The number of anilines is 1. The van der Waals surface area contributed by atoms with E-state index in [9.17, 15) is 9.59 Å². The van der Waals surface area contributed by atoms with Crippen LogP contribution in [0.1, 0.15) is 21.6 Å². The van der Waals surface area contributed by atoms with E-state index in [1.165, 1.54) is 16.7 Å². The summed E-state index contributed by atoms with van der Waals surface area (Å²) in [6.45, 7) is 3.72. The lowest BCUT2D eigenvalue weighted by Gasteiger charge is -2.12. The summed E-state index contributed by atoms with van der Waals surface area (Å²) in [4.78, 5) is 24.4. The number of carbonyl (C=O) groups excluding carboxylic acids is 1. The third-order valence-corrected chi connectivity index (χ3v) is 3.96. The molecule has 0 spiro atoms. The molecular formula is C15H14Cl2N2O2. The topological polar surface area (TPSA) is 51.1 Å². The lowest BCUT2D eigenvalue weighted by molar-refractivity contribution is 0.102. The van der Waals surface area contributed by atoms with Crippen LogP contribution in [0.4, 0.5) is 5.69 Å². The van der Waals surface area contributed by atoms with Crippen molar-refractivity contribution in [3.05, 3.63) is 61.5 Å². The minimum atomic E-state index is -0.470. The van der Waals surface area contributed by atoms with Crippen LogP contribution in [-0.4, -0.2) is 10.5 Å². The fourth-order valence-electron chi connectivity index (χ4n) is 1.93. The maximum Gasteiger partial charge on any atom is 0.274 e. The molecule has 1 aromatic heterocycles. The SMILES string of the molecule is Cc1cc(NC(=O)c2cc(Cl)ccc2Cl)c(=O)n(C)c1C. The number of rotatable bonds is 2. The van der Waals surface area contributed by atoms with E-state index in [1.807, 2.05) is 13.8 Å². The Labute approximate surface area is 132 Å². The molecule has 2 aromatic rings. The number of aromatic nitrogens is 1. The van der Waals surface area contributed by atoms with Crippen molar-refractivity contribution in [1.29, 1.82) is 0 Å². The van der Waals surface area contributed by atoms with Crippen LogP contribution < -0.4 is 10.9 Å². The molecule has 110 valence electrons. The van der Waals surface area contributed by atoms with E-state index >= 15 is 0 Å². The number of nitrogens with one attached hydrogen (secondary N) is 1. The maximum atomic E-state index is 12.2. The number of amides is 1. The second-order valence-corrected chi connectivity index (χ2v) is 5.61. The molecule has 0 aliphatic carbocycles. The minimum Gasteiger partial charge on any atom is -0.317 e. The van der Waals surface area contributed by atoms with Crippen LogP contribution in [-0.2, 0) is 7.05 Å². The number of carbonyl (C=O) groups is 1. The number of hydrogen-bond donors (Lipinski definition) is 1. The number of halogens is 2. The molecular weight excluding hydrogens is 311 g/mol. The van der Waals surface area contributed by atoms with Crippen LogP contribution >= 0.6 is 23.2 Å². The first-order chi connectivity index (χ1) is 9.81. The predicted molar refractivity (Wildman–Crippen MR) is 85.6 cm³/mol. The fourth-order valence-corrected chi connectivity index (χ4v) is 2.31. The quantitative estimate of drug-likeness (QED) is 0.918. The van der Waals surface area contributed by atoms with E-state index < -0.39 is 5.91 Å². The molecule has 6 heteroatoms. The summed E-state index contributed by atoms with van der Waals surface area (Å²) in [6.07, 6.45) is 0. The van der Waals surface area contributed by atoms with Gasteiger partial charge in [0.05, 0.1) is 10.6 Å². The molecule has 0 bridgehead atoms. The summed E-state index contributed by atoms with van der Waals surface area (Å²) in [5.41, 5.74) is 1.92. The van der Waals surface area contributed by atoms with Crippen molar-refractivity contribution in [3.63, 3.8) is 0 Å². The highest BCUT2D eigenvalue weighted by molar-refractivity contribution is 6.36. The van der Waals surface area contributed by atoms with Crippen molar-refractivity contribution in [2.24, 2.45) is 7.05 Å². The zero-order valence-electron chi connectivity index (χ0n) is 11.8. The Bertz CT molecular complexity index is 782. The molecule has 1 heterocycles. The summed E-state index contributed by atoms with van der Waals surface area (Å²) in [5, 5.41) is 3.26. The van der Waals surface area contributed by atoms with E-state index in [-0.39, 0.29) is 21.8 Å². The fraction of sp³-hybridized carbons (Fsp3) is 0.200. The van der Waals surface area contributed by atoms with E-state index in [0.29, 0.717) is 5.02 Å². The molecule has 0 fully saturated rings. The van der Waals surface area contributed by atoms with Crippen LogP contribution in [0.15, 0.2) is 29.1 Å². The third-order valence-electron chi connectivity index (χ3n) is 3.39. The number of aryl methyl sites for hydroxylation is 1. The van der Waals surface area contributed by atoms with Gasteiger partial charge in [0.15, 0.2) is 0 Å². The highest BCUT2D eigenvalue weighted by Crippen LogP contribution is 2.21. The van der Waals surface area contributed by atoms with Gasteiger partial charge in [0.2, 0.25) is 0 Å². The highest BCUT2D eigenvalue weighted by Gasteiger charge is 2.14. The predicted octanol–water partition coefficient (Wildman–Crippen LogP) is 3.56. The Morgan fingerprint density at radius 1 is 1.19 bits per heavy atom. The first-order valence-corrected chi connectivity index (χ1v) is 7.00. The average molecular weight is 325 g/mol. The summed E-state index contributed by atoms with van der Waals surface area (Å²) in [5.74, 6) is -0.470. The highest BCUT2D eigenvalue weighted by atomic mass is 35.5. The molecule has 0 radical (unpaired) electrons. The molecule has 0 aliphatic heterocycles. The number of benzene rings is 1. The molecule has 21 heavy (non-hydrogen) atoms. The van der Waals surface area contributed by atoms with Crippen molar-refractivity contribution in [2.45, 2.75) is 13.8 Å². The Morgan fingerprint density at radius 3 is 2.52 bits per heavy atom. The van der Waals surface area contributed by atoms with Gasteiger partial charge < -0.3 is 9.88 Å². The van der Waals surface area contributed by atoms with Crippen molar-refractivity contribution in [2.75, 3.05) is 5.32 Å². The van der Waals surface area contributed by atoms with E-state index in [0.717, 1.165) is 11.3 Å². The number of nitrogens with zero attached hydrogens (tertiary/aromatic N) is 1. The molecule has 1 amide bonds. The number of pyridine rings is 1. The van der Waals surface area contributed by atoms with Crippen LogP contribution in [0, 0.1) is 13.8 Å². The second kappa shape index (κ2) is 5.92. The van der Waals surface area contributed by atoms with Gasteiger partial charge in [-0.3, -0.25) is 9.59 Å². The summed E-state index contributed by atoms with van der Waals surface area (Å²) in [6, 6.07) is 6.24. The monoisotopic (exact) mass is 324 g/mol.